The van der Waals surface area contributed by atoms with E-state index in [9.17, 15) is 9.90 Å². The van der Waals surface area contributed by atoms with E-state index in [4.69, 9.17) is 4.74 Å². The van der Waals surface area contributed by atoms with Crippen molar-refractivity contribution in [1.29, 1.82) is 0 Å². The smallest absolute Gasteiger partial charge is 0.225 e. The molecule has 0 unspecified atom stereocenters. The van der Waals surface area contributed by atoms with Gasteiger partial charge < -0.3 is 14.7 Å². The average Bonchev–Trinajstić information content (AvgIpc) is 2.54. The third-order valence-electron chi connectivity index (χ3n) is 6.69. The van der Waals surface area contributed by atoms with E-state index in [0.717, 1.165) is 50.3 Å². The lowest BCUT2D eigenvalue weighted by molar-refractivity contribution is -0.164. The maximum absolute atomic E-state index is 12.5. The van der Waals surface area contributed by atoms with Crippen LogP contribution in [-0.2, 0) is 4.79 Å². The van der Waals surface area contributed by atoms with Crippen LogP contribution < -0.4 is 4.74 Å². The molecule has 5 nitrogen and oxygen atoms in total. The summed E-state index contributed by atoms with van der Waals surface area (Å²) in [7, 11) is 0. The fourth-order valence-corrected chi connectivity index (χ4v) is 4.84. The van der Waals surface area contributed by atoms with Crippen LogP contribution >= 0.6 is 0 Å². The number of aryl methyl sites for hydroxylation is 2. The number of hydrogen-bond donors (Lipinski definition) is 1. The largest absolute Gasteiger partial charge is 0.474 e. The van der Waals surface area contributed by atoms with Gasteiger partial charge in [0.2, 0.25) is 11.8 Å². The van der Waals surface area contributed by atoms with E-state index in [2.05, 4.69) is 18.0 Å². The molecular weight excluding hydrogens is 328 g/mol. The first-order valence-corrected chi connectivity index (χ1v) is 9.87. The van der Waals surface area contributed by atoms with Crippen molar-refractivity contribution >= 4 is 5.91 Å². The number of carbonyl (C=O) groups is 1. The fourth-order valence-electron chi connectivity index (χ4n) is 4.84. The van der Waals surface area contributed by atoms with Gasteiger partial charge in [-0.3, -0.25) is 4.79 Å². The molecule has 1 spiro atoms. The minimum atomic E-state index is -0.624. The summed E-state index contributed by atoms with van der Waals surface area (Å²) in [6.45, 7) is 7.67. The molecule has 2 aliphatic carbocycles. The zero-order chi connectivity index (χ0) is 18.5. The quantitative estimate of drug-likeness (QED) is 0.902. The van der Waals surface area contributed by atoms with Crippen LogP contribution in [0.3, 0.4) is 0 Å². The third kappa shape index (κ3) is 3.34. The number of hydrogen-bond acceptors (Lipinski definition) is 4. The van der Waals surface area contributed by atoms with Gasteiger partial charge in [0.1, 0.15) is 6.10 Å². The number of carbonyl (C=O) groups excluding carboxylic acids is 1. The fraction of sp³-hybridized carbons (Fsp3) is 0.714. The molecule has 1 saturated heterocycles. The van der Waals surface area contributed by atoms with Gasteiger partial charge in [0.15, 0.2) is 0 Å². The number of ether oxygens (including phenoxy) is 1. The molecule has 1 amide bonds. The second kappa shape index (κ2) is 6.22. The highest BCUT2D eigenvalue weighted by molar-refractivity contribution is 5.81. The second-order valence-electron chi connectivity index (χ2n) is 9.17. The van der Waals surface area contributed by atoms with Crippen LogP contribution in [0, 0.1) is 25.2 Å². The third-order valence-corrected chi connectivity index (χ3v) is 6.69. The highest BCUT2D eigenvalue weighted by Gasteiger charge is 2.51. The van der Waals surface area contributed by atoms with Crippen LogP contribution in [0.25, 0.3) is 0 Å². The van der Waals surface area contributed by atoms with Gasteiger partial charge >= 0.3 is 0 Å². The number of pyridine rings is 1. The van der Waals surface area contributed by atoms with Crippen molar-refractivity contribution in [2.24, 2.45) is 11.3 Å². The summed E-state index contributed by atoms with van der Waals surface area (Å²) in [6.07, 6.45) is 5.79. The van der Waals surface area contributed by atoms with Crippen LogP contribution in [0.2, 0.25) is 0 Å². The van der Waals surface area contributed by atoms with Gasteiger partial charge in [-0.1, -0.05) is 6.07 Å². The molecule has 3 aliphatic rings. The maximum atomic E-state index is 12.5. The first-order valence-electron chi connectivity index (χ1n) is 9.87. The Labute approximate surface area is 155 Å². The first kappa shape index (κ1) is 17.8. The Morgan fingerprint density at radius 1 is 1.23 bits per heavy atom. The number of aliphatic hydroxyl groups is 1. The van der Waals surface area contributed by atoms with Gasteiger partial charge in [-0.05, 0) is 64.9 Å². The molecule has 4 rings (SSSR count). The average molecular weight is 358 g/mol. The summed E-state index contributed by atoms with van der Waals surface area (Å²) in [6, 6.07) is 4.03. The number of amides is 1. The topological polar surface area (TPSA) is 62.7 Å². The highest BCUT2D eigenvalue weighted by Crippen LogP contribution is 2.47. The number of aromatic nitrogens is 1. The van der Waals surface area contributed by atoms with E-state index in [1.54, 1.807) is 0 Å². The van der Waals surface area contributed by atoms with Crippen LogP contribution in [0.1, 0.15) is 56.7 Å². The zero-order valence-corrected chi connectivity index (χ0v) is 16.1. The second-order valence-corrected chi connectivity index (χ2v) is 9.17. The number of likely N-dealkylation sites (tertiary alicyclic amines) is 1. The molecule has 1 aromatic heterocycles. The normalized spacial score (nSPS) is 30.6. The summed E-state index contributed by atoms with van der Waals surface area (Å²) >= 11 is 0. The van der Waals surface area contributed by atoms with E-state index < -0.39 is 5.60 Å². The minimum Gasteiger partial charge on any atom is -0.474 e. The van der Waals surface area contributed by atoms with Gasteiger partial charge in [-0.25, -0.2) is 4.98 Å². The zero-order valence-electron chi connectivity index (χ0n) is 16.1. The number of rotatable bonds is 3. The Hall–Kier alpha value is -1.62. The lowest BCUT2D eigenvalue weighted by Gasteiger charge is -2.55. The highest BCUT2D eigenvalue weighted by atomic mass is 16.5. The predicted molar refractivity (Wildman–Crippen MR) is 99.0 cm³/mol. The summed E-state index contributed by atoms with van der Waals surface area (Å²) in [5.74, 6) is 1.02. The minimum absolute atomic E-state index is 0.0397. The van der Waals surface area contributed by atoms with Gasteiger partial charge in [0.25, 0.3) is 0 Å². The van der Waals surface area contributed by atoms with Gasteiger partial charge in [0, 0.05) is 36.2 Å². The van der Waals surface area contributed by atoms with E-state index in [0.29, 0.717) is 18.3 Å². The van der Waals surface area contributed by atoms with Crippen LogP contribution in [-0.4, -0.2) is 45.7 Å². The monoisotopic (exact) mass is 358 g/mol. The van der Waals surface area contributed by atoms with E-state index >= 15 is 0 Å². The lowest BCUT2D eigenvalue weighted by atomic mass is 9.66. The predicted octanol–water partition coefficient (Wildman–Crippen LogP) is 3.01. The Morgan fingerprint density at radius 2 is 1.88 bits per heavy atom. The Morgan fingerprint density at radius 3 is 2.46 bits per heavy atom. The van der Waals surface area contributed by atoms with E-state index in [-0.39, 0.29) is 17.9 Å². The molecule has 5 heteroatoms. The Kier molecular flexibility index (Phi) is 4.25. The maximum Gasteiger partial charge on any atom is 0.225 e. The molecule has 2 heterocycles. The first-order chi connectivity index (χ1) is 12.3. The van der Waals surface area contributed by atoms with Crippen molar-refractivity contribution in [2.75, 3.05) is 13.1 Å². The molecule has 0 radical (unpaired) electrons. The van der Waals surface area contributed by atoms with Gasteiger partial charge in [-0.2, -0.15) is 0 Å². The Bertz CT molecular complexity index is 691. The molecule has 26 heavy (non-hydrogen) atoms. The van der Waals surface area contributed by atoms with E-state index in [1.165, 1.54) is 5.56 Å². The van der Waals surface area contributed by atoms with Crippen molar-refractivity contribution in [1.82, 2.24) is 9.88 Å². The molecule has 0 atom stereocenters. The van der Waals surface area contributed by atoms with Crippen molar-refractivity contribution in [3.05, 3.63) is 23.4 Å². The lowest BCUT2D eigenvalue weighted by Crippen LogP contribution is -2.63. The molecule has 142 valence electrons. The van der Waals surface area contributed by atoms with Gasteiger partial charge in [0.05, 0.1) is 5.60 Å². The summed E-state index contributed by atoms with van der Waals surface area (Å²) in [5.41, 5.74) is 1.89. The van der Waals surface area contributed by atoms with Crippen molar-refractivity contribution < 1.29 is 14.6 Å². The van der Waals surface area contributed by atoms with Crippen LogP contribution in [0.5, 0.6) is 5.88 Å². The van der Waals surface area contributed by atoms with E-state index in [1.807, 2.05) is 24.8 Å². The standard InChI is InChI=1S/C21H30N2O3/c1-14-4-5-18(22-15(14)2)26-17-6-8-21(9-7-17)12-23(13-21)19(24)16-10-20(3,25)11-16/h4-5,16-17,25H,6-13H2,1-3H3. The molecule has 1 N–H and O–H groups in total. The number of nitrogens with zero attached hydrogens (tertiary/aromatic N) is 2. The SMILES string of the molecule is Cc1ccc(OC2CCC3(CC2)CN(C(=O)C2CC(C)(O)C2)C3)nc1C. The molecule has 2 saturated carbocycles. The van der Waals surface area contributed by atoms with Crippen molar-refractivity contribution in [3.8, 4) is 5.88 Å². The molecular formula is C21H30N2O3. The van der Waals surface area contributed by atoms with Crippen LogP contribution in [0.4, 0.5) is 0 Å². The van der Waals surface area contributed by atoms with Crippen LogP contribution in [0.15, 0.2) is 12.1 Å². The molecule has 3 fully saturated rings. The Balaban J connectivity index is 1.24. The molecule has 1 aliphatic heterocycles. The molecule has 0 aromatic carbocycles. The van der Waals surface area contributed by atoms with Crippen molar-refractivity contribution in [3.63, 3.8) is 0 Å². The summed E-state index contributed by atoms with van der Waals surface area (Å²) in [5, 5.41) is 9.84. The molecule has 1 aromatic rings. The summed E-state index contributed by atoms with van der Waals surface area (Å²) < 4.78 is 6.10. The van der Waals surface area contributed by atoms with Gasteiger partial charge in [-0.15, -0.1) is 0 Å². The van der Waals surface area contributed by atoms with Crippen molar-refractivity contribution in [2.45, 2.75) is 71.0 Å². The summed E-state index contributed by atoms with van der Waals surface area (Å²) in [4.78, 5) is 19.0. The molecule has 0 bridgehead atoms.